The first-order chi connectivity index (χ1) is 6.94. The molecular weight excluding hydrogens is 261 g/mol. The van der Waals surface area contributed by atoms with Gasteiger partial charge in [0.1, 0.15) is 5.82 Å². The van der Waals surface area contributed by atoms with Crippen molar-refractivity contribution in [3.05, 3.63) is 34.1 Å². The molecule has 0 amide bonds. The Bertz CT molecular complexity index is 341. The Hall–Kier alpha value is -0.450. The van der Waals surface area contributed by atoms with E-state index in [-0.39, 0.29) is 5.82 Å². The van der Waals surface area contributed by atoms with Crippen molar-refractivity contribution in [3.63, 3.8) is 0 Å². The SMILES string of the molecule is COCC(C)(N)Cc1ccc(F)cc1Br. The summed E-state index contributed by atoms with van der Waals surface area (Å²) in [5.74, 6) is -0.254. The Kier molecular flexibility index (Phi) is 4.25. The third-order valence-corrected chi connectivity index (χ3v) is 2.82. The zero-order valence-corrected chi connectivity index (χ0v) is 10.5. The smallest absolute Gasteiger partial charge is 0.124 e. The maximum absolute atomic E-state index is 12.8. The fraction of sp³-hybridized carbons (Fsp3) is 0.455. The predicted molar refractivity (Wildman–Crippen MR) is 62.3 cm³/mol. The van der Waals surface area contributed by atoms with E-state index in [0.29, 0.717) is 13.0 Å². The highest BCUT2D eigenvalue weighted by atomic mass is 79.9. The van der Waals surface area contributed by atoms with E-state index in [4.69, 9.17) is 10.5 Å². The molecule has 0 aliphatic heterocycles. The molecule has 1 unspecified atom stereocenters. The van der Waals surface area contributed by atoms with Gasteiger partial charge in [0.2, 0.25) is 0 Å². The Morgan fingerprint density at radius 1 is 1.53 bits per heavy atom. The van der Waals surface area contributed by atoms with Gasteiger partial charge in [-0.3, -0.25) is 0 Å². The number of methoxy groups -OCH3 is 1. The average molecular weight is 276 g/mol. The topological polar surface area (TPSA) is 35.2 Å². The van der Waals surface area contributed by atoms with Crippen molar-refractivity contribution in [2.24, 2.45) is 5.73 Å². The normalized spacial score (nSPS) is 15.0. The van der Waals surface area contributed by atoms with Crippen molar-refractivity contribution in [1.82, 2.24) is 0 Å². The summed E-state index contributed by atoms with van der Waals surface area (Å²) >= 11 is 3.31. The summed E-state index contributed by atoms with van der Waals surface area (Å²) in [4.78, 5) is 0. The molecule has 4 heteroatoms. The van der Waals surface area contributed by atoms with Crippen molar-refractivity contribution in [3.8, 4) is 0 Å². The molecule has 0 heterocycles. The summed E-state index contributed by atoms with van der Waals surface area (Å²) in [7, 11) is 1.62. The van der Waals surface area contributed by atoms with Crippen LogP contribution in [0, 0.1) is 5.82 Å². The van der Waals surface area contributed by atoms with Crippen molar-refractivity contribution in [2.45, 2.75) is 18.9 Å². The number of halogens is 2. The van der Waals surface area contributed by atoms with E-state index >= 15 is 0 Å². The van der Waals surface area contributed by atoms with Crippen LogP contribution < -0.4 is 5.73 Å². The van der Waals surface area contributed by atoms with E-state index in [0.717, 1.165) is 10.0 Å². The third-order valence-electron chi connectivity index (χ3n) is 2.08. The monoisotopic (exact) mass is 275 g/mol. The molecule has 0 aliphatic carbocycles. The highest BCUT2D eigenvalue weighted by Crippen LogP contribution is 2.21. The number of benzene rings is 1. The standard InChI is InChI=1S/C11H15BrFNO/c1-11(14,7-15-2)6-8-3-4-9(13)5-10(8)12/h3-5H,6-7,14H2,1-2H3. The van der Waals surface area contributed by atoms with Crippen LogP contribution in [0.15, 0.2) is 22.7 Å². The Labute approximate surface area is 97.7 Å². The van der Waals surface area contributed by atoms with Crippen LogP contribution in [-0.2, 0) is 11.2 Å². The van der Waals surface area contributed by atoms with Gasteiger partial charge in [0.25, 0.3) is 0 Å². The molecule has 0 saturated heterocycles. The number of rotatable bonds is 4. The minimum atomic E-state index is -0.435. The number of hydrogen-bond donors (Lipinski definition) is 1. The summed E-state index contributed by atoms with van der Waals surface area (Å²) in [5, 5.41) is 0. The zero-order valence-electron chi connectivity index (χ0n) is 8.89. The number of hydrogen-bond acceptors (Lipinski definition) is 2. The second-order valence-electron chi connectivity index (χ2n) is 4.00. The quantitative estimate of drug-likeness (QED) is 0.917. The summed E-state index contributed by atoms with van der Waals surface area (Å²) < 4.78 is 18.6. The van der Waals surface area contributed by atoms with Crippen LogP contribution in [-0.4, -0.2) is 19.3 Å². The molecule has 1 atom stereocenters. The van der Waals surface area contributed by atoms with Gasteiger partial charge < -0.3 is 10.5 Å². The number of nitrogens with two attached hydrogens (primary N) is 1. The van der Waals surface area contributed by atoms with Gasteiger partial charge in [-0.25, -0.2) is 4.39 Å². The van der Waals surface area contributed by atoms with Crippen LogP contribution >= 0.6 is 15.9 Å². The van der Waals surface area contributed by atoms with Crippen molar-refractivity contribution >= 4 is 15.9 Å². The first-order valence-corrected chi connectivity index (χ1v) is 5.46. The molecule has 84 valence electrons. The van der Waals surface area contributed by atoms with Crippen LogP contribution in [0.3, 0.4) is 0 Å². The zero-order chi connectivity index (χ0) is 11.5. The van der Waals surface area contributed by atoms with Crippen LogP contribution in [0.1, 0.15) is 12.5 Å². The fourth-order valence-corrected chi connectivity index (χ4v) is 1.97. The minimum Gasteiger partial charge on any atom is -0.383 e. The molecule has 1 aromatic carbocycles. The summed E-state index contributed by atoms with van der Waals surface area (Å²) in [6, 6.07) is 4.61. The molecule has 1 rings (SSSR count). The molecule has 0 aromatic heterocycles. The van der Waals surface area contributed by atoms with Crippen molar-refractivity contribution in [1.29, 1.82) is 0 Å². The lowest BCUT2D eigenvalue weighted by Crippen LogP contribution is -2.43. The first kappa shape index (κ1) is 12.6. The van der Waals surface area contributed by atoms with Crippen LogP contribution in [0.2, 0.25) is 0 Å². The lowest BCUT2D eigenvalue weighted by molar-refractivity contribution is 0.141. The van der Waals surface area contributed by atoms with Gasteiger partial charge in [-0.15, -0.1) is 0 Å². The summed E-state index contributed by atoms with van der Waals surface area (Å²) in [6.07, 6.45) is 0.641. The Balaban J connectivity index is 2.80. The summed E-state index contributed by atoms with van der Waals surface area (Å²) in [6.45, 7) is 2.38. The first-order valence-electron chi connectivity index (χ1n) is 4.66. The van der Waals surface area contributed by atoms with Gasteiger partial charge >= 0.3 is 0 Å². The highest BCUT2D eigenvalue weighted by Gasteiger charge is 2.20. The second kappa shape index (κ2) is 5.05. The third kappa shape index (κ3) is 3.89. The van der Waals surface area contributed by atoms with Crippen LogP contribution in [0.5, 0.6) is 0 Å². The molecule has 2 N–H and O–H groups in total. The highest BCUT2D eigenvalue weighted by molar-refractivity contribution is 9.10. The minimum absolute atomic E-state index is 0.254. The summed E-state index contributed by atoms with van der Waals surface area (Å²) in [5.41, 5.74) is 6.58. The molecule has 0 spiro atoms. The second-order valence-corrected chi connectivity index (χ2v) is 4.85. The fourth-order valence-electron chi connectivity index (χ4n) is 1.48. The van der Waals surface area contributed by atoms with Crippen molar-refractivity contribution < 1.29 is 9.13 Å². The van der Waals surface area contributed by atoms with Gasteiger partial charge in [0, 0.05) is 17.1 Å². The van der Waals surface area contributed by atoms with E-state index in [1.807, 2.05) is 6.92 Å². The van der Waals surface area contributed by atoms with E-state index in [9.17, 15) is 4.39 Å². The molecule has 0 fully saturated rings. The van der Waals surface area contributed by atoms with Crippen LogP contribution in [0.4, 0.5) is 4.39 Å². The Morgan fingerprint density at radius 3 is 2.73 bits per heavy atom. The van der Waals surface area contributed by atoms with Crippen LogP contribution in [0.25, 0.3) is 0 Å². The number of ether oxygens (including phenoxy) is 1. The molecular formula is C11H15BrFNO. The molecule has 15 heavy (non-hydrogen) atoms. The van der Waals surface area contributed by atoms with Gasteiger partial charge in [0.15, 0.2) is 0 Å². The van der Waals surface area contributed by atoms with Gasteiger partial charge in [-0.2, -0.15) is 0 Å². The average Bonchev–Trinajstić information content (AvgIpc) is 2.09. The van der Waals surface area contributed by atoms with Gasteiger partial charge in [0.05, 0.1) is 6.61 Å². The molecule has 1 aromatic rings. The predicted octanol–water partition coefficient (Wildman–Crippen LogP) is 2.49. The van der Waals surface area contributed by atoms with E-state index in [1.54, 1.807) is 13.2 Å². The maximum Gasteiger partial charge on any atom is 0.124 e. The van der Waals surface area contributed by atoms with Crippen molar-refractivity contribution in [2.75, 3.05) is 13.7 Å². The largest absolute Gasteiger partial charge is 0.383 e. The molecule has 0 bridgehead atoms. The molecule has 0 aliphatic rings. The van der Waals surface area contributed by atoms with Gasteiger partial charge in [-0.1, -0.05) is 22.0 Å². The lowest BCUT2D eigenvalue weighted by Gasteiger charge is -2.24. The maximum atomic E-state index is 12.8. The Morgan fingerprint density at radius 2 is 2.20 bits per heavy atom. The molecule has 2 nitrogen and oxygen atoms in total. The van der Waals surface area contributed by atoms with E-state index in [1.165, 1.54) is 12.1 Å². The lowest BCUT2D eigenvalue weighted by atomic mass is 9.95. The molecule has 0 radical (unpaired) electrons. The van der Waals surface area contributed by atoms with Gasteiger partial charge in [-0.05, 0) is 31.0 Å². The molecule has 0 saturated carbocycles. The van der Waals surface area contributed by atoms with E-state index < -0.39 is 5.54 Å². The van der Waals surface area contributed by atoms with E-state index in [2.05, 4.69) is 15.9 Å².